The number of nitrogens with one attached hydrogen (secondary N) is 2. The zero-order chi connectivity index (χ0) is 22.1. The van der Waals surface area contributed by atoms with Crippen molar-refractivity contribution in [1.82, 2.24) is 9.97 Å². The number of aromatic amines is 1. The summed E-state index contributed by atoms with van der Waals surface area (Å²) >= 11 is 0. The highest BCUT2D eigenvalue weighted by molar-refractivity contribution is 6.24. The molecule has 156 valence electrons. The van der Waals surface area contributed by atoms with Gasteiger partial charge in [0, 0.05) is 28.9 Å². The van der Waals surface area contributed by atoms with Crippen molar-refractivity contribution >= 4 is 28.7 Å². The number of benzene rings is 3. The number of hydrogen-bond donors (Lipinski definition) is 2. The third kappa shape index (κ3) is 3.43. The van der Waals surface area contributed by atoms with Crippen molar-refractivity contribution in [2.45, 2.75) is 5.92 Å². The number of fused-ring (bicyclic) bond motifs is 1. The Labute approximate surface area is 182 Å². The number of anilines is 1. The summed E-state index contributed by atoms with van der Waals surface area (Å²) in [7, 11) is 0. The van der Waals surface area contributed by atoms with Crippen LogP contribution in [0, 0.1) is 10.1 Å². The van der Waals surface area contributed by atoms with Gasteiger partial charge in [0.05, 0.1) is 34.5 Å². The zero-order valence-electron chi connectivity index (χ0n) is 16.7. The fourth-order valence-electron chi connectivity index (χ4n) is 3.87. The standard InChI is InChI=1S/C24H17N5O3/c30-24-22(18-12-16(29(31)32)10-11-20(18)28-24)23(15-6-2-1-3-7-15)27-19-9-5-4-8-17(19)21-13-25-14-26-21/h1-14,22H,(H,25,26)(H,28,30). The number of H-pyrrole nitrogens is 1. The summed E-state index contributed by atoms with van der Waals surface area (Å²) in [4.78, 5) is 36.0. The van der Waals surface area contributed by atoms with E-state index in [0.717, 1.165) is 16.8 Å². The first-order valence-corrected chi connectivity index (χ1v) is 9.93. The highest BCUT2D eigenvalue weighted by Crippen LogP contribution is 2.39. The van der Waals surface area contributed by atoms with Gasteiger partial charge in [0.25, 0.3) is 5.69 Å². The molecule has 1 aliphatic rings. The van der Waals surface area contributed by atoms with Gasteiger partial charge in [-0.05, 0) is 17.7 Å². The molecular formula is C24H17N5O3. The Hall–Kier alpha value is -4.59. The van der Waals surface area contributed by atoms with Crippen LogP contribution in [0.5, 0.6) is 0 Å². The molecule has 0 radical (unpaired) electrons. The smallest absolute Gasteiger partial charge is 0.269 e. The maximum absolute atomic E-state index is 13.1. The summed E-state index contributed by atoms with van der Waals surface area (Å²) < 4.78 is 0. The fraction of sp³-hybridized carbons (Fsp3) is 0.0417. The Balaban J connectivity index is 1.71. The van der Waals surface area contributed by atoms with Gasteiger partial charge in [0.2, 0.25) is 5.91 Å². The largest absolute Gasteiger partial charge is 0.345 e. The molecule has 0 aliphatic carbocycles. The monoisotopic (exact) mass is 423 g/mol. The molecule has 1 aliphatic heterocycles. The van der Waals surface area contributed by atoms with Gasteiger partial charge in [-0.3, -0.25) is 19.9 Å². The maximum atomic E-state index is 13.1. The lowest BCUT2D eigenvalue weighted by molar-refractivity contribution is -0.384. The van der Waals surface area contributed by atoms with E-state index in [1.165, 1.54) is 12.1 Å². The number of imidazole rings is 1. The lowest BCUT2D eigenvalue weighted by atomic mass is 9.90. The first-order valence-electron chi connectivity index (χ1n) is 9.93. The number of nitrogens with zero attached hydrogens (tertiary/aromatic N) is 3. The second-order valence-electron chi connectivity index (χ2n) is 7.30. The molecule has 5 rings (SSSR count). The van der Waals surface area contributed by atoms with E-state index >= 15 is 0 Å². The molecule has 2 heterocycles. The number of hydrogen-bond acceptors (Lipinski definition) is 5. The Morgan fingerprint density at radius 1 is 1.03 bits per heavy atom. The van der Waals surface area contributed by atoms with Crippen molar-refractivity contribution in [2.24, 2.45) is 4.99 Å². The van der Waals surface area contributed by atoms with Crippen LogP contribution in [0.1, 0.15) is 17.0 Å². The molecule has 0 fully saturated rings. The van der Waals surface area contributed by atoms with E-state index in [1.54, 1.807) is 18.6 Å². The molecular weight excluding hydrogens is 406 g/mol. The quantitative estimate of drug-likeness (QED) is 0.272. The van der Waals surface area contributed by atoms with Gasteiger partial charge in [-0.25, -0.2) is 4.98 Å². The van der Waals surface area contributed by atoms with Crippen molar-refractivity contribution in [3.8, 4) is 11.3 Å². The number of non-ortho nitro benzene ring substituents is 1. The summed E-state index contributed by atoms with van der Waals surface area (Å²) in [6.45, 7) is 0. The van der Waals surface area contributed by atoms with Gasteiger partial charge in [0.15, 0.2) is 0 Å². The number of para-hydroxylation sites is 1. The van der Waals surface area contributed by atoms with E-state index in [2.05, 4.69) is 15.3 Å². The summed E-state index contributed by atoms with van der Waals surface area (Å²) in [6.07, 6.45) is 3.30. The first-order chi connectivity index (χ1) is 15.6. The minimum Gasteiger partial charge on any atom is -0.345 e. The maximum Gasteiger partial charge on any atom is 0.269 e. The van der Waals surface area contributed by atoms with Crippen LogP contribution in [0.15, 0.2) is 90.3 Å². The van der Waals surface area contributed by atoms with E-state index in [4.69, 9.17) is 4.99 Å². The first kappa shape index (κ1) is 19.4. The molecule has 1 atom stereocenters. The fourth-order valence-corrected chi connectivity index (χ4v) is 3.87. The van der Waals surface area contributed by atoms with Gasteiger partial charge in [-0.1, -0.05) is 48.5 Å². The number of carbonyl (C=O) groups is 1. The van der Waals surface area contributed by atoms with E-state index < -0.39 is 10.8 Å². The van der Waals surface area contributed by atoms with E-state index in [0.29, 0.717) is 22.6 Å². The van der Waals surface area contributed by atoms with Gasteiger partial charge in [-0.2, -0.15) is 0 Å². The Morgan fingerprint density at radius 2 is 1.81 bits per heavy atom. The molecule has 3 aromatic carbocycles. The predicted octanol–water partition coefficient (Wildman–Crippen LogP) is 4.84. The normalized spacial score (nSPS) is 15.3. The van der Waals surface area contributed by atoms with Gasteiger partial charge in [-0.15, -0.1) is 0 Å². The molecule has 0 saturated heterocycles. The Morgan fingerprint density at radius 3 is 2.56 bits per heavy atom. The molecule has 1 unspecified atom stereocenters. The summed E-state index contributed by atoms with van der Waals surface area (Å²) in [5.41, 5.74) is 4.56. The summed E-state index contributed by atoms with van der Waals surface area (Å²) in [5.74, 6) is -1.07. The molecule has 32 heavy (non-hydrogen) atoms. The van der Waals surface area contributed by atoms with Crippen LogP contribution in [0.4, 0.5) is 17.1 Å². The SMILES string of the molecule is O=C1Nc2ccc([N+](=O)[O-])cc2C1C(=Nc1ccccc1-c1cnc[nH]1)c1ccccc1. The van der Waals surface area contributed by atoms with Crippen LogP contribution in [0.3, 0.4) is 0 Å². The number of aliphatic imine (C=N–C) groups is 1. The molecule has 8 nitrogen and oxygen atoms in total. The topological polar surface area (TPSA) is 113 Å². The van der Waals surface area contributed by atoms with E-state index in [1.807, 2.05) is 54.6 Å². The zero-order valence-corrected chi connectivity index (χ0v) is 16.7. The van der Waals surface area contributed by atoms with Crippen molar-refractivity contribution in [3.63, 3.8) is 0 Å². The lowest BCUT2D eigenvalue weighted by Gasteiger charge is -2.15. The van der Waals surface area contributed by atoms with E-state index in [9.17, 15) is 14.9 Å². The number of nitro benzene ring substituents is 1. The van der Waals surface area contributed by atoms with Crippen LogP contribution in [-0.2, 0) is 4.79 Å². The predicted molar refractivity (Wildman–Crippen MR) is 121 cm³/mol. The van der Waals surface area contributed by atoms with Crippen molar-refractivity contribution < 1.29 is 9.72 Å². The number of rotatable bonds is 5. The van der Waals surface area contributed by atoms with Crippen molar-refractivity contribution in [3.05, 3.63) is 107 Å². The minimum atomic E-state index is -0.790. The molecule has 1 amide bonds. The van der Waals surface area contributed by atoms with Crippen LogP contribution in [0.25, 0.3) is 11.3 Å². The number of amides is 1. The van der Waals surface area contributed by atoms with Crippen molar-refractivity contribution in [2.75, 3.05) is 5.32 Å². The number of nitro groups is 1. The van der Waals surface area contributed by atoms with Crippen LogP contribution < -0.4 is 5.32 Å². The molecule has 2 N–H and O–H groups in total. The summed E-state index contributed by atoms with van der Waals surface area (Å²) in [5, 5.41) is 14.2. The highest BCUT2D eigenvalue weighted by Gasteiger charge is 2.36. The minimum absolute atomic E-state index is 0.0736. The average Bonchev–Trinajstić information content (AvgIpc) is 3.45. The molecule has 1 aromatic heterocycles. The van der Waals surface area contributed by atoms with Crippen molar-refractivity contribution in [1.29, 1.82) is 0 Å². The van der Waals surface area contributed by atoms with Gasteiger partial charge >= 0.3 is 0 Å². The van der Waals surface area contributed by atoms with Gasteiger partial charge in [0.1, 0.15) is 5.92 Å². The van der Waals surface area contributed by atoms with Crippen LogP contribution in [-0.4, -0.2) is 26.5 Å². The average molecular weight is 423 g/mol. The highest BCUT2D eigenvalue weighted by atomic mass is 16.6. The third-order valence-electron chi connectivity index (χ3n) is 5.35. The summed E-state index contributed by atoms with van der Waals surface area (Å²) in [6, 6.07) is 21.3. The van der Waals surface area contributed by atoms with Gasteiger partial charge < -0.3 is 10.3 Å². The molecule has 8 heteroatoms. The van der Waals surface area contributed by atoms with E-state index in [-0.39, 0.29) is 11.6 Å². The second kappa shape index (κ2) is 7.92. The lowest BCUT2D eigenvalue weighted by Crippen LogP contribution is -2.22. The number of aromatic nitrogens is 2. The van der Waals surface area contributed by atoms with Crippen LogP contribution >= 0.6 is 0 Å². The molecule has 0 bridgehead atoms. The molecule has 0 spiro atoms. The second-order valence-corrected chi connectivity index (χ2v) is 7.30. The van der Waals surface area contributed by atoms with Crippen LogP contribution in [0.2, 0.25) is 0 Å². The Bertz CT molecular complexity index is 1350. The Kier molecular flexibility index (Phi) is 4.79. The number of carbonyl (C=O) groups excluding carboxylic acids is 1. The third-order valence-corrected chi connectivity index (χ3v) is 5.35. The molecule has 4 aromatic rings. The molecule has 0 saturated carbocycles.